The van der Waals surface area contributed by atoms with Crippen molar-refractivity contribution in [2.45, 2.75) is 19.9 Å². The Morgan fingerprint density at radius 1 is 0.811 bits per heavy atom. The van der Waals surface area contributed by atoms with E-state index in [9.17, 15) is 0 Å². The maximum absolute atomic E-state index is 6.04. The summed E-state index contributed by atoms with van der Waals surface area (Å²) >= 11 is 0. The average molecular weight is 485 g/mol. The summed E-state index contributed by atoms with van der Waals surface area (Å²) in [6.45, 7) is 4.11. The lowest BCUT2D eigenvalue weighted by atomic mass is 9.98. The Morgan fingerprint density at radius 3 is 2.38 bits per heavy atom. The van der Waals surface area contributed by atoms with Gasteiger partial charge in [-0.15, -0.1) is 0 Å². The van der Waals surface area contributed by atoms with Crippen LogP contribution in [0.5, 0.6) is 0 Å². The first-order valence-corrected chi connectivity index (χ1v) is 12.3. The van der Waals surface area contributed by atoms with E-state index in [1.54, 1.807) is 6.26 Å². The molecule has 0 bridgehead atoms. The molecule has 2 aliphatic rings. The topological polar surface area (TPSA) is 71.0 Å². The van der Waals surface area contributed by atoms with Crippen molar-refractivity contribution in [1.82, 2.24) is 9.78 Å². The number of aliphatic imine (C=N–C) groups is 2. The summed E-state index contributed by atoms with van der Waals surface area (Å²) in [6.07, 6.45) is 1.72. The summed E-state index contributed by atoms with van der Waals surface area (Å²) in [5.41, 5.74) is 6.83. The number of benzene rings is 3. The van der Waals surface area contributed by atoms with Gasteiger partial charge in [0.15, 0.2) is 17.5 Å². The minimum absolute atomic E-state index is 0.263. The molecule has 0 unspecified atom stereocenters. The summed E-state index contributed by atoms with van der Waals surface area (Å²) in [5, 5.41) is 8.46. The van der Waals surface area contributed by atoms with E-state index >= 15 is 0 Å². The third kappa shape index (κ3) is 3.47. The molecule has 1 atom stereocenters. The number of hydrogen-bond acceptors (Lipinski definition) is 6. The van der Waals surface area contributed by atoms with E-state index in [2.05, 4.69) is 47.5 Å². The quantitative estimate of drug-likeness (QED) is 0.303. The number of furan rings is 1. The zero-order valence-corrected chi connectivity index (χ0v) is 20.5. The molecule has 2 aromatic heterocycles. The molecule has 3 aromatic carbocycles. The third-order valence-corrected chi connectivity index (χ3v) is 6.77. The van der Waals surface area contributed by atoms with E-state index in [0.29, 0.717) is 11.7 Å². The number of aromatic nitrogens is 2. The molecule has 5 aromatic rings. The molecule has 4 heterocycles. The number of fused-ring (bicyclic) bond motifs is 4. The molecular formula is C30H24N6O. The molecule has 0 saturated heterocycles. The highest BCUT2D eigenvalue weighted by atomic mass is 16.3. The second kappa shape index (κ2) is 8.34. The summed E-state index contributed by atoms with van der Waals surface area (Å²) < 4.78 is 7.96. The smallest absolute Gasteiger partial charge is 0.179 e. The van der Waals surface area contributed by atoms with Gasteiger partial charge in [0.05, 0.1) is 34.6 Å². The molecule has 0 radical (unpaired) electrons. The number of anilines is 2. The Labute approximate surface area is 214 Å². The molecule has 0 saturated carbocycles. The maximum Gasteiger partial charge on any atom is 0.179 e. The average Bonchev–Trinajstić information content (AvgIpc) is 3.57. The van der Waals surface area contributed by atoms with Gasteiger partial charge in [-0.1, -0.05) is 48.0 Å². The van der Waals surface area contributed by atoms with Crippen molar-refractivity contribution in [3.63, 3.8) is 0 Å². The van der Waals surface area contributed by atoms with Gasteiger partial charge < -0.3 is 14.6 Å². The summed E-state index contributed by atoms with van der Waals surface area (Å²) in [7, 11) is 0. The van der Waals surface area contributed by atoms with Crippen LogP contribution in [0, 0.1) is 13.8 Å². The first-order valence-electron chi connectivity index (χ1n) is 12.3. The number of para-hydroxylation sites is 3. The molecular weight excluding hydrogens is 460 g/mol. The number of hydrogen-bond donors (Lipinski definition) is 1. The van der Waals surface area contributed by atoms with Crippen LogP contribution in [0.3, 0.4) is 0 Å². The first kappa shape index (κ1) is 21.4. The fourth-order valence-corrected chi connectivity index (χ4v) is 5.04. The molecule has 37 heavy (non-hydrogen) atoms. The van der Waals surface area contributed by atoms with Crippen LogP contribution < -0.4 is 10.2 Å². The van der Waals surface area contributed by atoms with Gasteiger partial charge >= 0.3 is 0 Å². The normalized spacial score (nSPS) is 15.8. The molecule has 0 spiro atoms. The molecule has 2 aliphatic heterocycles. The zero-order chi connectivity index (χ0) is 24.9. The number of nitrogens with zero attached hydrogens (tertiary/aromatic N) is 5. The predicted octanol–water partition coefficient (Wildman–Crippen LogP) is 6.88. The molecule has 180 valence electrons. The highest BCUT2D eigenvalue weighted by Gasteiger charge is 2.42. The standard InChI is InChI=1S/C30H24N6O/c1-19-14-16-22(17-15-19)36-29-26(20(2)34-36)27(25-13-8-18-37-25)35-24-12-7-6-11-23(24)32-28(30(35)33-29)31-21-9-4-3-5-10-21/h3-18,27H,1-2H3,(H,31,32)/t27-/m1/s1. The van der Waals surface area contributed by atoms with Crippen molar-refractivity contribution >= 4 is 34.6 Å². The van der Waals surface area contributed by atoms with E-state index in [0.717, 1.165) is 45.6 Å². The van der Waals surface area contributed by atoms with Gasteiger partial charge in [0.2, 0.25) is 0 Å². The van der Waals surface area contributed by atoms with Crippen LogP contribution in [0.1, 0.15) is 28.6 Å². The van der Waals surface area contributed by atoms with Crippen LogP contribution in [-0.4, -0.2) is 21.5 Å². The van der Waals surface area contributed by atoms with Gasteiger partial charge in [-0.2, -0.15) is 5.10 Å². The SMILES string of the molecule is Cc1ccc(-n2nc(C)c3c2N=C2C(Nc4ccccc4)=Nc4ccccc4N2[C@@H]3c2ccco2)cc1. The Kier molecular flexibility index (Phi) is 4.82. The summed E-state index contributed by atoms with van der Waals surface area (Å²) in [4.78, 5) is 12.5. The van der Waals surface area contributed by atoms with Gasteiger partial charge in [-0.3, -0.25) is 0 Å². The lowest BCUT2D eigenvalue weighted by Crippen LogP contribution is -2.46. The van der Waals surface area contributed by atoms with Crippen molar-refractivity contribution in [2.24, 2.45) is 9.98 Å². The Morgan fingerprint density at radius 2 is 1.59 bits per heavy atom. The lowest BCUT2D eigenvalue weighted by Gasteiger charge is -2.39. The van der Waals surface area contributed by atoms with Gasteiger partial charge in [-0.25, -0.2) is 14.7 Å². The van der Waals surface area contributed by atoms with Gasteiger partial charge in [0.1, 0.15) is 11.8 Å². The Bertz CT molecular complexity index is 1660. The highest BCUT2D eigenvalue weighted by molar-refractivity contribution is 6.51. The number of amidine groups is 2. The second-order valence-corrected chi connectivity index (χ2v) is 9.23. The summed E-state index contributed by atoms with van der Waals surface area (Å²) in [5.74, 6) is 2.97. The number of aryl methyl sites for hydroxylation is 2. The van der Waals surface area contributed by atoms with Crippen molar-refractivity contribution in [2.75, 3.05) is 10.2 Å². The Balaban J connectivity index is 1.49. The fourth-order valence-electron chi connectivity index (χ4n) is 5.04. The molecule has 0 amide bonds. The number of rotatable bonds is 3. The van der Waals surface area contributed by atoms with E-state index in [1.165, 1.54) is 5.56 Å². The van der Waals surface area contributed by atoms with Gasteiger partial charge in [0, 0.05) is 5.69 Å². The minimum atomic E-state index is -0.263. The van der Waals surface area contributed by atoms with E-state index in [-0.39, 0.29) is 6.04 Å². The predicted molar refractivity (Wildman–Crippen MR) is 147 cm³/mol. The number of nitrogens with one attached hydrogen (secondary N) is 1. The fraction of sp³-hybridized carbons (Fsp3) is 0.100. The molecule has 7 rings (SSSR count). The first-order chi connectivity index (χ1) is 18.2. The Hall–Kier alpha value is -4.91. The van der Waals surface area contributed by atoms with Gasteiger partial charge in [-0.05, 0) is 62.4 Å². The molecule has 0 fully saturated rings. The maximum atomic E-state index is 6.04. The zero-order valence-electron chi connectivity index (χ0n) is 20.5. The summed E-state index contributed by atoms with van der Waals surface area (Å²) in [6, 6.07) is 30.2. The molecule has 7 nitrogen and oxygen atoms in total. The van der Waals surface area contributed by atoms with Crippen molar-refractivity contribution in [3.8, 4) is 5.69 Å². The van der Waals surface area contributed by atoms with Crippen LogP contribution in [0.2, 0.25) is 0 Å². The second-order valence-electron chi connectivity index (χ2n) is 9.23. The lowest BCUT2D eigenvalue weighted by molar-refractivity contribution is 0.487. The van der Waals surface area contributed by atoms with Gasteiger partial charge in [0.25, 0.3) is 0 Å². The molecule has 1 N–H and O–H groups in total. The van der Waals surface area contributed by atoms with Crippen molar-refractivity contribution in [3.05, 3.63) is 120 Å². The van der Waals surface area contributed by atoms with Crippen molar-refractivity contribution in [1.29, 1.82) is 0 Å². The van der Waals surface area contributed by atoms with E-state index in [4.69, 9.17) is 19.5 Å². The molecule has 7 heteroatoms. The van der Waals surface area contributed by atoms with Crippen molar-refractivity contribution < 1.29 is 4.42 Å². The molecule has 0 aliphatic carbocycles. The van der Waals surface area contributed by atoms with Crippen LogP contribution in [-0.2, 0) is 0 Å². The largest absolute Gasteiger partial charge is 0.467 e. The van der Waals surface area contributed by atoms with Crippen LogP contribution >= 0.6 is 0 Å². The van der Waals surface area contributed by atoms with E-state index in [1.807, 2.05) is 72.3 Å². The van der Waals surface area contributed by atoms with E-state index < -0.39 is 0 Å². The third-order valence-electron chi connectivity index (χ3n) is 6.77. The van der Waals surface area contributed by atoms with Crippen LogP contribution in [0.15, 0.2) is 112 Å². The monoisotopic (exact) mass is 484 g/mol. The minimum Gasteiger partial charge on any atom is -0.467 e. The van der Waals surface area contributed by atoms with Crippen LogP contribution in [0.4, 0.5) is 22.9 Å². The van der Waals surface area contributed by atoms with Crippen LogP contribution in [0.25, 0.3) is 5.69 Å². The highest BCUT2D eigenvalue weighted by Crippen LogP contribution is 2.48.